The molecule has 0 atom stereocenters. The number of nitro benzene ring substituents is 1. The molecule has 1 aromatic carbocycles. The van der Waals surface area contributed by atoms with Gasteiger partial charge in [0.15, 0.2) is 0 Å². The molecule has 0 bridgehead atoms. The van der Waals surface area contributed by atoms with E-state index in [0.29, 0.717) is 5.56 Å². The SMILES string of the molecule is C[Si](C)(C)C#Cc1cc(C(=O)O)cc([N+](=O)[O-])c1. The molecule has 0 unspecified atom stereocenters. The van der Waals surface area contributed by atoms with Gasteiger partial charge < -0.3 is 5.11 Å². The Hall–Kier alpha value is -2.13. The molecule has 0 saturated heterocycles. The fourth-order valence-corrected chi connectivity index (χ4v) is 1.69. The van der Waals surface area contributed by atoms with Crippen LogP contribution in [0.4, 0.5) is 5.69 Å². The first-order chi connectivity index (χ1) is 8.19. The summed E-state index contributed by atoms with van der Waals surface area (Å²) in [5.74, 6) is 1.62. The van der Waals surface area contributed by atoms with Crippen LogP contribution in [0.1, 0.15) is 15.9 Å². The van der Waals surface area contributed by atoms with Crippen LogP contribution >= 0.6 is 0 Å². The number of rotatable bonds is 2. The standard InChI is InChI=1S/C12H13NO4Si/c1-18(2,3)5-4-9-6-10(12(14)15)8-11(7-9)13(16)17/h6-8H,1-3H3,(H,14,15). The molecule has 0 saturated carbocycles. The molecule has 1 N–H and O–H groups in total. The summed E-state index contributed by atoms with van der Waals surface area (Å²) in [6.07, 6.45) is 0. The maximum atomic E-state index is 10.9. The Morgan fingerprint density at radius 2 is 1.94 bits per heavy atom. The van der Waals surface area contributed by atoms with Crippen LogP contribution in [0.3, 0.4) is 0 Å². The van der Waals surface area contributed by atoms with E-state index in [1.165, 1.54) is 12.1 Å². The van der Waals surface area contributed by atoms with Crippen LogP contribution in [0.15, 0.2) is 18.2 Å². The molecule has 0 aromatic heterocycles. The van der Waals surface area contributed by atoms with Crippen molar-refractivity contribution in [2.45, 2.75) is 19.6 Å². The molecule has 0 fully saturated rings. The Morgan fingerprint density at radius 3 is 2.39 bits per heavy atom. The number of nitrogens with zero attached hydrogens (tertiary/aromatic N) is 1. The summed E-state index contributed by atoms with van der Waals surface area (Å²) in [7, 11) is -1.61. The summed E-state index contributed by atoms with van der Waals surface area (Å²) in [6, 6.07) is 3.67. The summed E-state index contributed by atoms with van der Waals surface area (Å²) in [5.41, 5.74) is 3.03. The smallest absolute Gasteiger partial charge is 0.335 e. The van der Waals surface area contributed by atoms with Gasteiger partial charge in [-0.3, -0.25) is 10.1 Å². The number of aromatic carboxylic acids is 1. The summed E-state index contributed by atoms with van der Waals surface area (Å²) in [5, 5.41) is 19.6. The highest BCUT2D eigenvalue weighted by molar-refractivity contribution is 6.83. The molecular formula is C12H13NO4Si. The second kappa shape index (κ2) is 5.02. The van der Waals surface area contributed by atoms with Crippen molar-refractivity contribution in [1.29, 1.82) is 0 Å². The van der Waals surface area contributed by atoms with Crippen molar-refractivity contribution in [3.8, 4) is 11.5 Å². The first-order valence-electron chi connectivity index (χ1n) is 5.25. The lowest BCUT2D eigenvalue weighted by molar-refractivity contribution is -0.384. The number of non-ortho nitro benzene ring substituents is 1. The third kappa shape index (κ3) is 4.03. The van der Waals surface area contributed by atoms with Gasteiger partial charge in [0.05, 0.1) is 10.5 Å². The van der Waals surface area contributed by atoms with E-state index in [4.69, 9.17) is 5.11 Å². The van der Waals surface area contributed by atoms with E-state index >= 15 is 0 Å². The molecule has 1 aromatic rings. The van der Waals surface area contributed by atoms with Crippen molar-refractivity contribution in [2.24, 2.45) is 0 Å². The van der Waals surface area contributed by atoms with Crippen molar-refractivity contribution in [1.82, 2.24) is 0 Å². The van der Waals surface area contributed by atoms with Gasteiger partial charge in [0.1, 0.15) is 8.07 Å². The average molecular weight is 263 g/mol. The van der Waals surface area contributed by atoms with Gasteiger partial charge in [0.2, 0.25) is 0 Å². The molecule has 0 radical (unpaired) electrons. The van der Waals surface area contributed by atoms with E-state index in [2.05, 4.69) is 11.5 Å². The van der Waals surface area contributed by atoms with Crippen LogP contribution in [0.5, 0.6) is 0 Å². The second-order valence-electron chi connectivity index (χ2n) is 4.83. The van der Waals surface area contributed by atoms with Crippen LogP contribution in [0.2, 0.25) is 19.6 Å². The van der Waals surface area contributed by atoms with E-state index in [1.807, 2.05) is 19.6 Å². The molecular weight excluding hydrogens is 250 g/mol. The van der Waals surface area contributed by atoms with E-state index in [0.717, 1.165) is 6.07 Å². The van der Waals surface area contributed by atoms with Gasteiger partial charge in [-0.1, -0.05) is 25.6 Å². The minimum Gasteiger partial charge on any atom is -0.478 e. The topological polar surface area (TPSA) is 80.4 Å². The lowest BCUT2D eigenvalue weighted by Crippen LogP contribution is -2.16. The first-order valence-corrected chi connectivity index (χ1v) is 8.75. The van der Waals surface area contributed by atoms with E-state index < -0.39 is 19.0 Å². The van der Waals surface area contributed by atoms with Crippen molar-refractivity contribution in [3.63, 3.8) is 0 Å². The fourth-order valence-electron chi connectivity index (χ4n) is 1.17. The molecule has 0 amide bonds. The fraction of sp³-hybridized carbons (Fsp3) is 0.250. The van der Waals surface area contributed by atoms with Crippen molar-refractivity contribution < 1.29 is 14.8 Å². The molecule has 0 spiro atoms. The lowest BCUT2D eigenvalue weighted by atomic mass is 10.1. The normalized spacial score (nSPS) is 10.4. The minimum atomic E-state index is -1.61. The molecule has 5 nitrogen and oxygen atoms in total. The molecule has 0 aliphatic rings. The third-order valence-electron chi connectivity index (χ3n) is 1.96. The summed E-state index contributed by atoms with van der Waals surface area (Å²) >= 11 is 0. The summed E-state index contributed by atoms with van der Waals surface area (Å²) < 4.78 is 0. The highest BCUT2D eigenvalue weighted by Crippen LogP contribution is 2.17. The lowest BCUT2D eigenvalue weighted by Gasteiger charge is -2.03. The monoisotopic (exact) mass is 263 g/mol. The summed E-state index contributed by atoms with van der Waals surface area (Å²) in [4.78, 5) is 21.0. The minimum absolute atomic E-state index is 0.121. The summed E-state index contributed by atoms with van der Waals surface area (Å²) in [6.45, 7) is 6.11. The Morgan fingerprint density at radius 1 is 1.33 bits per heavy atom. The maximum Gasteiger partial charge on any atom is 0.335 e. The Bertz CT molecular complexity index is 531. The number of benzene rings is 1. The van der Waals surface area contributed by atoms with Crippen molar-refractivity contribution in [2.75, 3.05) is 0 Å². The van der Waals surface area contributed by atoms with E-state index in [1.54, 1.807) is 0 Å². The number of carbonyl (C=O) groups is 1. The molecule has 0 aliphatic carbocycles. The van der Waals surface area contributed by atoms with Gasteiger partial charge in [-0.15, -0.1) is 5.54 Å². The van der Waals surface area contributed by atoms with E-state index in [-0.39, 0.29) is 11.3 Å². The zero-order valence-electron chi connectivity index (χ0n) is 10.4. The molecule has 1 rings (SSSR count). The van der Waals surface area contributed by atoms with Gasteiger partial charge in [-0.25, -0.2) is 4.79 Å². The Balaban J connectivity index is 3.31. The van der Waals surface area contributed by atoms with Crippen LogP contribution in [0, 0.1) is 21.6 Å². The van der Waals surface area contributed by atoms with Crippen LogP contribution in [-0.4, -0.2) is 24.1 Å². The maximum absolute atomic E-state index is 10.9. The number of nitro groups is 1. The van der Waals surface area contributed by atoms with Gasteiger partial charge in [-0.05, 0) is 6.07 Å². The molecule has 0 aliphatic heterocycles. The first kappa shape index (κ1) is 13.9. The molecule has 0 heterocycles. The number of carboxylic acids is 1. The van der Waals surface area contributed by atoms with Gasteiger partial charge in [0, 0.05) is 17.7 Å². The zero-order valence-corrected chi connectivity index (χ0v) is 11.4. The molecule has 94 valence electrons. The van der Waals surface area contributed by atoms with Crippen LogP contribution in [0.25, 0.3) is 0 Å². The van der Waals surface area contributed by atoms with Crippen LogP contribution < -0.4 is 0 Å². The quantitative estimate of drug-likeness (QED) is 0.385. The number of hydrogen-bond acceptors (Lipinski definition) is 3. The zero-order chi connectivity index (χ0) is 13.9. The Kier molecular flexibility index (Phi) is 3.88. The largest absolute Gasteiger partial charge is 0.478 e. The highest BCUT2D eigenvalue weighted by Gasteiger charge is 2.13. The predicted molar refractivity (Wildman–Crippen MR) is 70.3 cm³/mol. The average Bonchev–Trinajstić information content (AvgIpc) is 2.25. The Labute approximate surface area is 106 Å². The predicted octanol–water partition coefficient (Wildman–Crippen LogP) is 2.52. The van der Waals surface area contributed by atoms with Crippen molar-refractivity contribution in [3.05, 3.63) is 39.4 Å². The number of carboxylic acid groups (broad SMARTS) is 1. The molecule has 18 heavy (non-hydrogen) atoms. The number of hydrogen-bond donors (Lipinski definition) is 1. The highest BCUT2D eigenvalue weighted by atomic mass is 28.3. The van der Waals surface area contributed by atoms with Gasteiger partial charge in [-0.2, -0.15) is 0 Å². The second-order valence-corrected chi connectivity index (χ2v) is 9.58. The molecule has 6 heteroatoms. The third-order valence-corrected chi connectivity index (χ3v) is 2.83. The van der Waals surface area contributed by atoms with E-state index in [9.17, 15) is 14.9 Å². The van der Waals surface area contributed by atoms with Crippen molar-refractivity contribution >= 4 is 19.7 Å². The van der Waals surface area contributed by atoms with Crippen LogP contribution in [-0.2, 0) is 0 Å². The van der Waals surface area contributed by atoms with Gasteiger partial charge in [0.25, 0.3) is 5.69 Å². The van der Waals surface area contributed by atoms with Gasteiger partial charge >= 0.3 is 5.97 Å².